The molecule has 3 aromatic carbocycles. The number of ketones is 1. The third-order valence-electron chi connectivity index (χ3n) is 6.15. The number of piperidine rings is 1. The smallest absolute Gasteiger partial charge is 0.316 e. The number of anilines is 1. The highest BCUT2D eigenvalue weighted by Crippen LogP contribution is 2.43. The molecule has 2 atom stereocenters. The lowest BCUT2D eigenvalue weighted by molar-refractivity contribution is -0.141. The predicted molar refractivity (Wildman–Crippen MR) is 129 cm³/mol. The van der Waals surface area contributed by atoms with E-state index < -0.39 is 17.9 Å². The van der Waals surface area contributed by atoms with Gasteiger partial charge in [0.25, 0.3) is 0 Å². The Balaban J connectivity index is 1.73. The normalized spacial score (nSPS) is 17.9. The van der Waals surface area contributed by atoms with Crippen LogP contribution in [0.25, 0.3) is 0 Å². The summed E-state index contributed by atoms with van der Waals surface area (Å²) in [5.41, 5.74) is 3.08. The van der Waals surface area contributed by atoms with E-state index in [0.29, 0.717) is 23.5 Å². The molecule has 1 saturated heterocycles. The number of para-hydroxylation sites is 1. The number of methoxy groups -OCH3 is 1. The summed E-state index contributed by atoms with van der Waals surface area (Å²) < 4.78 is 11.3. The molecule has 1 amide bonds. The molecular formula is C28H27NO5. The largest absolute Gasteiger partial charge is 0.496 e. The van der Waals surface area contributed by atoms with Crippen LogP contribution in [0.1, 0.15) is 47.3 Å². The number of benzene rings is 3. The first-order valence-electron chi connectivity index (χ1n) is 11.2. The molecule has 0 aromatic heterocycles. The van der Waals surface area contributed by atoms with E-state index in [0.717, 1.165) is 16.8 Å². The Hall–Kier alpha value is -3.93. The number of aryl methyl sites for hydroxylation is 1. The summed E-state index contributed by atoms with van der Waals surface area (Å²) >= 11 is 0. The highest BCUT2D eigenvalue weighted by Gasteiger charge is 2.43. The van der Waals surface area contributed by atoms with Gasteiger partial charge in [0, 0.05) is 23.2 Å². The van der Waals surface area contributed by atoms with E-state index in [2.05, 4.69) is 0 Å². The summed E-state index contributed by atoms with van der Waals surface area (Å²) in [4.78, 5) is 39.9. The van der Waals surface area contributed by atoms with Crippen LogP contribution in [0.4, 0.5) is 5.69 Å². The van der Waals surface area contributed by atoms with Gasteiger partial charge in [-0.3, -0.25) is 14.4 Å². The average molecular weight is 458 g/mol. The van der Waals surface area contributed by atoms with Gasteiger partial charge in [-0.2, -0.15) is 0 Å². The van der Waals surface area contributed by atoms with E-state index in [4.69, 9.17) is 9.47 Å². The van der Waals surface area contributed by atoms with Crippen molar-refractivity contribution >= 4 is 23.3 Å². The standard InChI is InChI=1S/C28H27NO5/c1-18-8-12-21(13-9-18)29-26(31)17-16-24(27(29)23-6-4-5-7-25(23)33-3)28(32)34-22-14-10-20(11-15-22)19(2)30/h4-15,24,27H,16-17H2,1-3H3. The predicted octanol–water partition coefficient (Wildman–Crippen LogP) is 5.30. The number of carbonyl (C=O) groups excluding carboxylic acids is 3. The molecule has 0 N–H and O–H groups in total. The van der Waals surface area contributed by atoms with Crippen LogP contribution >= 0.6 is 0 Å². The van der Waals surface area contributed by atoms with Crippen LogP contribution < -0.4 is 14.4 Å². The Morgan fingerprint density at radius 2 is 1.62 bits per heavy atom. The molecule has 1 fully saturated rings. The van der Waals surface area contributed by atoms with Crippen molar-refractivity contribution in [3.8, 4) is 11.5 Å². The van der Waals surface area contributed by atoms with Gasteiger partial charge < -0.3 is 14.4 Å². The van der Waals surface area contributed by atoms with Gasteiger partial charge >= 0.3 is 5.97 Å². The SMILES string of the molecule is COc1ccccc1C1C(C(=O)Oc2ccc(C(C)=O)cc2)CCC(=O)N1c1ccc(C)cc1. The first-order chi connectivity index (χ1) is 16.4. The number of rotatable bonds is 6. The molecule has 34 heavy (non-hydrogen) atoms. The molecule has 1 aliphatic heterocycles. The molecule has 0 radical (unpaired) electrons. The van der Waals surface area contributed by atoms with Crippen LogP contribution in [0.2, 0.25) is 0 Å². The second-order valence-corrected chi connectivity index (χ2v) is 8.43. The van der Waals surface area contributed by atoms with Crippen molar-refractivity contribution in [2.75, 3.05) is 12.0 Å². The van der Waals surface area contributed by atoms with Crippen molar-refractivity contribution in [3.05, 3.63) is 89.5 Å². The summed E-state index contributed by atoms with van der Waals surface area (Å²) in [7, 11) is 1.57. The molecule has 4 rings (SSSR count). The summed E-state index contributed by atoms with van der Waals surface area (Å²) in [6.07, 6.45) is 0.580. The molecule has 174 valence electrons. The molecule has 0 bridgehead atoms. The molecule has 0 saturated carbocycles. The van der Waals surface area contributed by atoms with E-state index in [1.165, 1.54) is 6.92 Å². The van der Waals surface area contributed by atoms with Gasteiger partial charge in [0.15, 0.2) is 5.78 Å². The Bertz CT molecular complexity index is 1200. The maximum Gasteiger partial charge on any atom is 0.316 e. The van der Waals surface area contributed by atoms with Gasteiger partial charge in [0.2, 0.25) is 5.91 Å². The highest BCUT2D eigenvalue weighted by molar-refractivity contribution is 5.97. The topological polar surface area (TPSA) is 72.9 Å². The fourth-order valence-electron chi connectivity index (χ4n) is 4.37. The molecule has 2 unspecified atom stereocenters. The molecule has 6 heteroatoms. The van der Waals surface area contributed by atoms with Crippen LogP contribution in [0.15, 0.2) is 72.8 Å². The van der Waals surface area contributed by atoms with Crippen molar-refractivity contribution in [2.45, 2.75) is 32.7 Å². The Morgan fingerprint density at radius 3 is 2.26 bits per heavy atom. The molecule has 1 heterocycles. The number of amides is 1. The van der Waals surface area contributed by atoms with Gasteiger partial charge in [-0.05, 0) is 62.7 Å². The third kappa shape index (κ3) is 4.71. The summed E-state index contributed by atoms with van der Waals surface area (Å²) in [5, 5.41) is 0. The average Bonchev–Trinajstić information content (AvgIpc) is 2.84. The maximum absolute atomic E-state index is 13.4. The lowest BCUT2D eigenvalue weighted by atomic mass is 9.83. The number of ether oxygens (including phenoxy) is 2. The summed E-state index contributed by atoms with van der Waals surface area (Å²) in [5.74, 6) is -0.211. The first kappa shape index (κ1) is 23.2. The zero-order chi connectivity index (χ0) is 24.2. The maximum atomic E-state index is 13.4. The van der Waals surface area contributed by atoms with Gasteiger partial charge in [0.05, 0.1) is 19.1 Å². The van der Waals surface area contributed by atoms with Crippen molar-refractivity contribution < 1.29 is 23.9 Å². The third-order valence-corrected chi connectivity index (χ3v) is 6.15. The molecule has 1 aliphatic rings. The minimum absolute atomic E-state index is 0.0605. The van der Waals surface area contributed by atoms with Gasteiger partial charge in [-0.15, -0.1) is 0 Å². The molecule has 0 spiro atoms. The Morgan fingerprint density at radius 1 is 0.941 bits per heavy atom. The zero-order valence-corrected chi connectivity index (χ0v) is 19.5. The van der Waals surface area contributed by atoms with Crippen molar-refractivity contribution in [1.29, 1.82) is 0 Å². The minimum Gasteiger partial charge on any atom is -0.496 e. The fraction of sp³-hybridized carbons (Fsp3) is 0.250. The van der Waals surface area contributed by atoms with Crippen molar-refractivity contribution in [1.82, 2.24) is 0 Å². The number of hydrogen-bond donors (Lipinski definition) is 0. The lowest BCUT2D eigenvalue weighted by Crippen LogP contribution is -2.46. The van der Waals surface area contributed by atoms with Gasteiger partial charge in [-0.25, -0.2) is 0 Å². The quantitative estimate of drug-likeness (QED) is 0.285. The first-order valence-corrected chi connectivity index (χ1v) is 11.2. The van der Waals surface area contributed by atoms with Crippen LogP contribution in [-0.2, 0) is 9.59 Å². The number of Topliss-reactive ketones (excluding diaryl/α,β-unsaturated/α-hetero) is 1. The number of carbonyl (C=O) groups is 3. The van der Waals surface area contributed by atoms with Crippen LogP contribution in [0.3, 0.4) is 0 Å². The Labute approximate surface area is 199 Å². The zero-order valence-electron chi connectivity index (χ0n) is 19.5. The van der Waals surface area contributed by atoms with E-state index in [1.54, 1.807) is 36.3 Å². The number of hydrogen-bond acceptors (Lipinski definition) is 5. The number of nitrogens with zero attached hydrogens (tertiary/aromatic N) is 1. The van der Waals surface area contributed by atoms with Gasteiger partial charge in [0.1, 0.15) is 11.5 Å². The van der Waals surface area contributed by atoms with E-state index in [9.17, 15) is 14.4 Å². The van der Waals surface area contributed by atoms with E-state index >= 15 is 0 Å². The van der Waals surface area contributed by atoms with Crippen molar-refractivity contribution in [2.24, 2.45) is 5.92 Å². The molecule has 0 aliphatic carbocycles. The lowest BCUT2D eigenvalue weighted by Gasteiger charge is -2.40. The van der Waals surface area contributed by atoms with E-state index in [-0.39, 0.29) is 18.1 Å². The van der Waals surface area contributed by atoms with E-state index in [1.807, 2.05) is 55.5 Å². The second-order valence-electron chi connectivity index (χ2n) is 8.43. The summed E-state index contributed by atoms with van der Waals surface area (Å²) in [6, 6.07) is 21.0. The van der Waals surface area contributed by atoms with Crippen molar-refractivity contribution in [3.63, 3.8) is 0 Å². The second kappa shape index (κ2) is 9.91. The molecule has 6 nitrogen and oxygen atoms in total. The Kier molecular flexibility index (Phi) is 6.77. The fourth-order valence-corrected chi connectivity index (χ4v) is 4.37. The van der Waals surface area contributed by atoms with Crippen LogP contribution in [-0.4, -0.2) is 24.8 Å². The molecular weight excluding hydrogens is 430 g/mol. The van der Waals surface area contributed by atoms with Gasteiger partial charge in [-0.1, -0.05) is 35.9 Å². The minimum atomic E-state index is -0.609. The number of esters is 1. The van der Waals surface area contributed by atoms with Crippen LogP contribution in [0, 0.1) is 12.8 Å². The monoisotopic (exact) mass is 457 g/mol. The van der Waals surface area contributed by atoms with Crippen LogP contribution in [0.5, 0.6) is 11.5 Å². The highest BCUT2D eigenvalue weighted by atomic mass is 16.5. The molecule has 3 aromatic rings. The summed E-state index contributed by atoms with van der Waals surface area (Å²) in [6.45, 7) is 3.47.